The number of likely N-dealkylation sites (tertiary alicyclic amines) is 1. The van der Waals surface area contributed by atoms with E-state index < -0.39 is 11.3 Å². The van der Waals surface area contributed by atoms with E-state index in [2.05, 4.69) is 4.72 Å². The van der Waals surface area contributed by atoms with Crippen molar-refractivity contribution in [2.45, 2.75) is 19.3 Å². The summed E-state index contributed by atoms with van der Waals surface area (Å²) in [4.78, 5) is 16.9. The number of benzene rings is 1. The van der Waals surface area contributed by atoms with Crippen molar-refractivity contribution in [3.05, 3.63) is 17.7 Å². The van der Waals surface area contributed by atoms with Crippen molar-refractivity contribution in [2.75, 3.05) is 52.8 Å². The normalized spacial score (nSPS) is 16.1. The van der Waals surface area contributed by atoms with E-state index in [1.807, 2.05) is 30.0 Å². The van der Waals surface area contributed by atoms with Gasteiger partial charge in [0, 0.05) is 39.8 Å². The SMILES string of the molecule is COc1cc(C(=O)N2CCC(CCNS(=O)O)CC2)c(N(C)C)cc1OC. The highest BCUT2D eigenvalue weighted by molar-refractivity contribution is 7.77. The second-order valence-electron chi connectivity index (χ2n) is 6.79. The van der Waals surface area contributed by atoms with Crippen molar-refractivity contribution in [3.63, 3.8) is 0 Å². The zero-order chi connectivity index (χ0) is 20.0. The van der Waals surface area contributed by atoms with Gasteiger partial charge in [-0.2, -0.15) is 0 Å². The van der Waals surface area contributed by atoms with Crippen LogP contribution in [0.5, 0.6) is 11.5 Å². The predicted octanol–water partition coefficient (Wildman–Crippen LogP) is 1.74. The molecule has 1 saturated heterocycles. The van der Waals surface area contributed by atoms with Crippen LogP contribution in [0.15, 0.2) is 12.1 Å². The van der Waals surface area contributed by atoms with Crippen molar-refractivity contribution in [3.8, 4) is 11.5 Å². The van der Waals surface area contributed by atoms with E-state index in [4.69, 9.17) is 14.0 Å². The number of amides is 1. The Balaban J connectivity index is 2.08. The third kappa shape index (κ3) is 5.57. The van der Waals surface area contributed by atoms with Crippen molar-refractivity contribution >= 4 is 22.9 Å². The molecule has 1 atom stereocenters. The number of hydrogen-bond acceptors (Lipinski definition) is 5. The average Bonchev–Trinajstić information content (AvgIpc) is 2.66. The lowest BCUT2D eigenvalue weighted by Gasteiger charge is -2.33. The maximum absolute atomic E-state index is 13.1. The Hall–Kier alpha value is -1.84. The second kappa shape index (κ2) is 9.91. The Morgan fingerprint density at radius 2 is 1.85 bits per heavy atom. The Morgan fingerprint density at radius 1 is 1.26 bits per heavy atom. The third-order valence-corrected chi connectivity index (χ3v) is 5.35. The summed E-state index contributed by atoms with van der Waals surface area (Å²) in [5, 5.41) is 0. The Morgan fingerprint density at radius 3 is 2.37 bits per heavy atom. The molecule has 1 fully saturated rings. The van der Waals surface area contributed by atoms with Crippen LogP contribution in [-0.2, 0) is 11.3 Å². The zero-order valence-electron chi connectivity index (χ0n) is 16.4. The number of methoxy groups -OCH3 is 2. The van der Waals surface area contributed by atoms with Crippen LogP contribution in [0.2, 0.25) is 0 Å². The van der Waals surface area contributed by atoms with Gasteiger partial charge in [0.15, 0.2) is 11.5 Å². The number of carbonyl (C=O) groups is 1. The fourth-order valence-corrected chi connectivity index (χ4v) is 3.65. The van der Waals surface area contributed by atoms with E-state index in [-0.39, 0.29) is 5.91 Å². The quantitative estimate of drug-likeness (QED) is 0.647. The molecule has 9 heteroatoms. The number of nitrogens with one attached hydrogen (secondary N) is 1. The number of nitrogens with zero attached hydrogens (tertiary/aromatic N) is 2. The summed E-state index contributed by atoms with van der Waals surface area (Å²) in [6.45, 7) is 1.85. The molecule has 0 spiro atoms. The van der Waals surface area contributed by atoms with Crippen LogP contribution in [0.25, 0.3) is 0 Å². The molecular formula is C18H29N3O5S. The molecule has 0 saturated carbocycles. The largest absolute Gasteiger partial charge is 0.493 e. The number of anilines is 1. The monoisotopic (exact) mass is 399 g/mol. The minimum atomic E-state index is -1.96. The maximum atomic E-state index is 13.1. The van der Waals surface area contributed by atoms with Crippen LogP contribution in [0.3, 0.4) is 0 Å². The molecule has 0 aromatic heterocycles. The first-order valence-electron chi connectivity index (χ1n) is 8.94. The van der Waals surface area contributed by atoms with Crippen LogP contribution in [-0.4, -0.2) is 67.5 Å². The molecule has 1 amide bonds. The van der Waals surface area contributed by atoms with Crippen molar-refractivity contribution in [1.29, 1.82) is 0 Å². The summed E-state index contributed by atoms with van der Waals surface area (Å²) in [6, 6.07) is 3.56. The zero-order valence-corrected chi connectivity index (χ0v) is 17.2. The lowest BCUT2D eigenvalue weighted by molar-refractivity contribution is 0.0688. The third-order valence-electron chi connectivity index (χ3n) is 4.89. The first-order valence-corrected chi connectivity index (χ1v) is 10.0. The smallest absolute Gasteiger partial charge is 0.256 e. The van der Waals surface area contributed by atoms with Crippen LogP contribution < -0.4 is 19.1 Å². The Bertz CT molecular complexity index is 675. The minimum Gasteiger partial charge on any atom is -0.493 e. The molecule has 1 aromatic carbocycles. The Kier molecular flexibility index (Phi) is 7.88. The summed E-state index contributed by atoms with van der Waals surface area (Å²) in [5.41, 5.74) is 1.38. The maximum Gasteiger partial charge on any atom is 0.256 e. The summed E-state index contributed by atoms with van der Waals surface area (Å²) < 4.78 is 32.6. The number of hydrogen-bond donors (Lipinski definition) is 2. The van der Waals surface area contributed by atoms with Gasteiger partial charge in [-0.05, 0) is 31.2 Å². The molecule has 0 bridgehead atoms. The van der Waals surface area contributed by atoms with E-state index in [0.717, 1.165) is 24.9 Å². The van der Waals surface area contributed by atoms with Crippen LogP contribution in [0, 0.1) is 5.92 Å². The van der Waals surface area contributed by atoms with Gasteiger partial charge >= 0.3 is 0 Å². The lowest BCUT2D eigenvalue weighted by Crippen LogP contribution is -2.39. The molecule has 2 N–H and O–H groups in total. The van der Waals surface area contributed by atoms with Gasteiger partial charge in [0.05, 0.1) is 25.5 Å². The summed E-state index contributed by atoms with van der Waals surface area (Å²) in [5.74, 6) is 1.55. The van der Waals surface area contributed by atoms with E-state index in [1.54, 1.807) is 20.3 Å². The van der Waals surface area contributed by atoms with Gasteiger partial charge < -0.3 is 19.3 Å². The molecule has 152 valence electrons. The molecule has 1 unspecified atom stereocenters. The number of piperidine rings is 1. The van der Waals surface area contributed by atoms with Crippen molar-refractivity contribution in [1.82, 2.24) is 9.62 Å². The van der Waals surface area contributed by atoms with Crippen molar-refractivity contribution < 1.29 is 23.0 Å². The van der Waals surface area contributed by atoms with Gasteiger partial charge in [-0.1, -0.05) is 0 Å². The summed E-state index contributed by atoms with van der Waals surface area (Å²) in [7, 11) is 6.91. The highest BCUT2D eigenvalue weighted by atomic mass is 32.2. The summed E-state index contributed by atoms with van der Waals surface area (Å²) >= 11 is -1.96. The van der Waals surface area contributed by atoms with E-state index in [9.17, 15) is 9.00 Å². The number of carbonyl (C=O) groups excluding carboxylic acids is 1. The first kappa shape index (κ1) is 21.5. The lowest BCUT2D eigenvalue weighted by atomic mass is 9.93. The van der Waals surface area contributed by atoms with E-state index in [0.29, 0.717) is 42.6 Å². The highest BCUT2D eigenvalue weighted by Gasteiger charge is 2.27. The second-order valence-corrected chi connectivity index (χ2v) is 7.57. The van der Waals surface area contributed by atoms with Crippen LogP contribution >= 0.6 is 0 Å². The van der Waals surface area contributed by atoms with Crippen LogP contribution in [0.1, 0.15) is 29.6 Å². The molecule has 1 aliphatic heterocycles. The van der Waals surface area contributed by atoms with Gasteiger partial charge in [-0.3, -0.25) is 9.35 Å². The molecule has 8 nitrogen and oxygen atoms in total. The van der Waals surface area contributed by atoms with E-state index in [1.165, 1.54) is 0 Å². The highest BCUT2D eigenvalue weighted by Crippen LogP contribution is 2.35. The van der Waals surface area contributed by atoms with Gasteiger partial charge in [0.25, 0.3) is 5.91 Å². The fraction of sp³-hybridized carbons (Fsp3) is 0.611. The standard InChI is InChI=1S/C18H29N3O5S/c1-20(2)15-12-17(26-4)16(25-3)11-14(15)18(22)21-9-6-13(7-10-21)5-8-19-27(23)24/h11-13,19H,5-10H2,1-4H3,(H,23,24). The predicted molar refractivity (Wildman–Crippen MR) is 106 cm³/mol. The number of rotatable bonds is 8. The first-order chi connectivity index (χ1) is 12.9. The fourth-order valence-electron chi connectivity index (χ4n) is 3.35. The van der Waals surface area contributed by atoms with Crippen LogP contribution in [0.4, 0.5) is 5.69 Å². The Labute approximate surface area is 163 Å². The molecule has 1 aliphatic rings. The van der Waals surface area contributed by atoms with E-state index >= 15 is 0 Å². The topological polar surface area (TPSA) is 91.3 Å². The average molecular weight is 400 g/mol. The van der Waals surface area contributed by atoms with Gasteiger partial charge in [0.2, 0.25) is 11.3 Å². The molecule has 0 radical (unpaired) electrons. The molecular weight excluding hydrogens is 370 g/mol. The molecule has 27 heavy (non-hydrogen) atoms. The van der Waals surface area contributed by atoms with Gasteiger partial charge in [-0.15, -0.1) is 0 Å². The minimum absolute atomic E-state index is 0.0207. The molecule has 1 aromatic rings. The summed E-state index contributed by atoms with van der Waals surface area (Å²) in [6.07, 6.45) is 2.60. The number of ether oxygens (including phenoxy) is 2. The molecule has 2 rings (SSSR count). The van der Waals surface area contributed by atoms with Gasteiger partial charge in [-0.25, -0.2) is 8.93 Å². The van der Waals surface area contributed by atoms with Crippen molar-refractivity contribution in [2.24, 2.45) is 5.92 Å². The molecule has 1 heterocycles. The van der Waals surface area contributed by atoms with Gasteiger partial charge in [0.1, 0.15) is 0 Å². The molecule has 0 aliphatic carbocycles.